The lowest BCUT2D eigenvalue weighted by molar-refractivity contribution is 0.220. The minimum atomic E-state index is 0.610. The van der Waals surface area contributed by atoms with E-state index in [9.17, 15) is 0 Å². The molecule has 1 unspecified atom stereocenters. The van der Waals surface area contributed by atoms with Gasteiger partial charge in [-0.2, -0.15) is 0 Å². The van der Waals surface area contributed by atoms with Crippen molar-refractivity contribution in [1.82, 2.24) is 5.32 Å². The number of ether oxygens (including phenoxy) is 1. The zero-order valence-electron chi connectivity index (χ0n) is 15.0. The molecule has 3 heteroatoms. The Morgan fingerprint density at radius 2 is 1.84 bits per heavy atom. The van der Waals surface area contributed by atoms with Gasteiger partial charge in [-0.1, -0.05) is 48.4 Å². The van der Waals surface area contributed by atoms with E-state index < -0.39 is 0 Å². The summed E-state index contributed by atoms with van der Waals surface area (Å²) in [6.07, 6.45) is 7.43. The number of benzene rings is 2. The van der Waals surface area contributed by atoms with Crippen LogP contribution < -0.4 is 10.1 Å². The fourth-order valence-electron chi connectivity index (χ4n) is 3.62. The lowest BCUT2D eigenvalue weighted by atomic mass is 9.77. The third-order valence-corrected chi connectivity index (χ3v) is 5.62. The second kappa shape index (κ2) is 9.26. The molecular formula is C22H28ClNO. The van der Waals surface area contributed by atoms with Crippen LogP contribution in [0.1, 0.15) is 36.8 Å². The number of para-hydroxylation sites is 1. The Morgan fingerprint density at radius 1 is 1.08 bits per heavy atom. The molecule has 134 valence electrons. The summed E-state index contributed by atoms with van der Waals surface area (Å²) in [5.74, 6) is 1.83. The van der Waals surface area contributed by atoms with Crippen LogP contribution in [0.4, 0.5) is 0 Å². The normalized spacial score (nSPS) is 15.6. The standard InChI is InChI=1S/C22H28ClNO/c1-25-22-8-3-2-5-19(22)15-16-24-21(18-6-4-7-18)14-11-17-9-12-20(23)13-10-17/h2-3,5,8-10,12-13,18,21,24H,4,6-7,11,14-16H2,1H3. The van der Waals surface area contributed by atoms with Crippen LogP contribution in [-0.4, -0.2) is 19.7 Å². The number of rotatable bonds is 9. The molecule has 3 rings (SSSR count). The van der Waals surface area contributed by atoms with Gasteiger partial charge in [-0.05, 0) is 73.9 Å². The maximum Gasteiger partial charge on any atom is 0.122 e. The van der Waals surface area contributed by atoms with E-state index in [1.807, 2.05) is 24.3 Å². The van der Waals surface area contributed by atoms with E-state index in [4.69, 9.17) is 16.3 Å². The van der Waals surface area contributed by atoms with Gasteiger partial charge in [0.05, 0.1) is 7.11 Å². The summed E-state index contributed by atoms with van der Waals surface area (Å²) < 4.78 is 5.46. The van der Waals surface area contributed by atoms with Crippen molar-refractivity contribution in [3.63, 3.8) is 0 Å². The second-order valence-corrected chi connectivity index (χ2v) is 7.42. The van der Waals surface area contributed by atoms with E-state index in [-0.39, 0.29) is 0 Å². The minimum Gasteiger partial charge on any atom is -0.496 e. The molecule has 2 aromatic carbocycles. The Morgan fingerprint density at radius 3 is 2.52 bits per heavy atom. The predicted molar refractivity (Wildman–Crippen MR) is 106 cm³/mol. The quantitative estimate of drug-likeness (QED) is 0.659. The summed E-state index contributed by atoms with van der Waals surface area (Å²) in [5.41, 5.74) is 2.66. The van der Waals surface area contributed by atoms with E-state index in [2.05, 4.69) is 29.6 Å². The van der Waals surface area contributed by atoms with Crippen LogP contribution in [0.5, 0.6) is 5.75 Å². The summed E-state index contributed by atoms with van der Waals surface area (Å²) in [7, 11) is 1.75. The Hall–Kier alpha value is -1.51. The molecule has 1 atom stereocenters. The highest BCUT2D eigenvalue weighted by Crippen LogP contribution is 2.31. The Balaban J connectivity index is 1.51. The van der Waals surface area contributed by atoms with Gasteiger partial charge in [-0.15, -0.1) is 0 Å². The summed E-state index contributed by atoms with van der Waals surface area (Å²) in [5, 5.41) is 4.64. The summed E-state index contributed by atoms with van der Waals surface area (Å²) >= 11 is 5.99. The fourth-order valence-corrected chi connectivity index (χ4v) is 3.75. The molecule has 0 aliphatic heterocycles. The van der Waals surface area contributed by atoms with Crippen molar-refractivity contribution in [2.75, 3.05) is 13.7 Å². The lowest BCUT2D eigenvalue weighted by Crippen LogP contribution is -2.40. The van der Waals surface area contributed by atoms with Gasteiger partial charge < -0.3 is 10.1 Å². The topological polar surface area (TPSA) is 21.3 Å². The largest absolute Gasteiger partial charge is 0.496 e. The van der Waals surface area contributed by atoms with Crippen molar-refractivity contribution in [2.24, 2.45) is 5.92 Å². The van der Waals surface area contributed by atoms with Gasteiger partial charge in [-0.3, -0.25) is 0 Å². The first-order chi connectivity index (χ1) is 12.3. The first-order valence-corrected chi connectivity index (χ1v) is 9.74. The molecule has 1 aliphatic rings. The molecule has 2 aromatic rings. The van der Waals surface area contributed by atoms with Crippen LogP contribution in [0.3, 0.4) is 0 Å². The van der Waals surface area contributed by atoms with Crippen LogP contribution in [0.15, 0.2) is 48.5 Å². The first-order valence-electron chi connectivity index (χ1n) is 9.36. The van der Waals surface area contributed by atoms with Crippen molar-refractivity contribution < 1.29 is 4.74 Å². The van der Waals surface area contributed by atoms with Crippen LogP contribution in [0.2, 0.25) is 5.02 Å². The molecule has 0 radical (unpaired) electrons. The lowest BCUT2D eigenvalue weighted by Gasteiger charge is -2.34. The van der Waals surface area contributed by atoms with Crippen LogP contribution in [-0.2, 0) is 12.8 Å². The van der Waals surface area contributed by atoms with Crippen LogP contribution in [0, 0.1) is 5.92 Å². The Kier molecular flexibility index (Phi) is 6.77. The van der Waals surface area contributed by atoms with Gasteiger partial charge in [0.15, 0.2) is 0 Å². The van der Waals surface area contributed by atoms with E-state index in [0.29, 0.717) is 6.04 Å². The number of hydrogen-bond donors (Lipinski definition) is 1. The van der Waals surface area contributed by atoms with Gasteiger partial charge >= 0.3 is 0 Å². The molecular weight excluding hydrogens is 330 g/mol. The fraction of sp³-hybridized carbons (Fsp3) is 0.455. The van der Waals surface area contributed by atoms with Crippen LogP contribution >= 0.6 is 11.6 Å². The van der Waals surface area contributed by atoms with Gasteiger partial charge in [0.2, 0.25) is 0 Å². The molecule has 0 amide bonds. The summed E-state index contributed by atoms with van der Waals surface area (Å²) in [6, 6.07) is 17.2. The molecule has 1 N–H and O–H groups in total. The van der Waals surface area contributed by atoms with Gasteiger partial charge in [-0.25, -0.2) is 0 Å². The maximum atomic E-state index is 5.99. The van der Waals surface area contributed by atoms with Crippen molar-refractivity contribution in [3.8, 4) is 5.75 Å². The molecule has 1 aliphatic carbocycles. The number of aryl methyl sites for hydroxylation is 1. The molecule has 0 spiro atoms. The van der Waals surface area contributed by atoms with Crippen molar-refractivity contribution >= 4 is 11.6 Å². The predicted octanol–water partition coefficient (Wildman–Crippen LogP) is 5.28. The zero-order chi connectivity index (χ0) is 17.5. The third-order valence-electron chi connectivity index (χ3n) is 5.37. The summed E-state index contributed by atoms with van der Waals surface area (Å²) in [6.45, 7) is 1.00. The zero-order valence-corrected chi connectivity index (χ0v) is 15.8. The number of halogens is 1. The monoisotopic (exact) mass is 357 g/mol. The number of methoxy groups -OCH3 is 1. The number of nitrogens with one attached hydrogen (secondary N) is 1. The maximum absolute atomic E-state index is 5.99. The average Bonchev–Trinajstić information content (AvgIpc) is 2.59. The van der Waals surface area contributed by atoms with Gasteiger partial charge in [0.1, 0.15) is 5.75 Å². The molecule has 0 heterocycles. The molecule has 0 saturated heterocycles. The highest BCUT2D eigenvalue weighted by atomic mass is 35.5. The molecule has 2 nitrogen and oxygen atoms in total. The average molecular weight is 358 g/mol. The Bertz CT molecular complexity index is 651. The second-order valence-electron chi connectivity index (χ2n) is 6.98. The third kappa shape index (κ3) is 5.23. The Labute approximate surface area is 156 Å². The molecule has 25 heavy (non-hydrogen) atoms. The van der Waals surface area contributed by atoms with Gasteiger partial charge in [0.25, 0.3) is 0 Å². The molecule has 1 saturated carbocycles. The number of hydrogen-bond acceptors (Lipinski definition) is 2. The van der Waals surface area contributed by atoms with E-state index in [1.165, 1.54) is 36.8 Å². The molecule has 0 aromatic heterocycles. The first kappa shape index (κ1) is 18.3. The van der Waals surface area contributed by atoms with Gasteiger partial charge in [0, 0.05) is 11.1 Å². The minimum absolute atomic E-state index is 0.610. The highest BCUT2D eigenvalue weighted by molar-refractivity contribution is 6.30. The molecule has 0 bridgehead atoms. The van der Waals surface area contributed by atoms with Crippen LogP contribution in [0.25, 0.3) is 0 Å². The van der Waals surface area contributed by atoms with E-state index in [0.717, 1.165) is 36.1 Å². The van der Waals surface area contributed by atoms with E-state index in [1.54, 1.807) is 7.11 Å². The van der Waals surface area contributed by atoms with E-state index >= 15 is 0 Å². The van der Waals surface area contributed by atoms with Crippen molar-refractivity contribution in [1.29, 1.82) is 0 Å². The SMILES string of the molecule is COc1ccccc1CCNC(CCc1ccc(Cl)cc1)C1CCC1. The van der Waals surface area contributed by atoms with Crippen molar-refractivity contribution in [3.05, 3.63) is 64.7 Å². The molecule has 1 fully saturated rings. The summed E-state index contributed by atoms with van der Waals surface area (Å²) in [4.78, 5) is 0. The smallest absolute Gasteiger partial charge is 0.122 e. The van der Waals surface area contributed by atoms with Crippen molar-refractivity contribution in [2.45, 2.75) is 44.6 Å². The highest BCUT2D eigenvalue weighted by Gasteiger charge is 2.26.